The topological polar surface area (TPSA) is 127 Å². The highest BCUT2D eigenvalue weighted by Gasteiger charge is 2.26. The number of sulfonamides is 2. The third-order valence-electron chi connectivity index (χ3n) is 4.87. The summed E-state index contributed by atoms with van der Waals surface area (Å²) >= 11 is 0. The van der Waals surface area contributed by atoms with E-state index in [1.165, 1.54) is 28.6 Å². The van der Waals surface area contributed by atoms with Crippen LogP contribution in [-0.2, 0) is 20.0 Å². The number of non-ortho nitro benzene ring substituents is 1. The summed E-state index contributed by atoms with van der Waals surface area (Å²) in [7, 11) is -7.99. The van der Waals surface area contributed by atoms with E-state index in [4.69, 9.17) is 0 Å². The number of nitro groups is 1. The van der Waals surface area contributed by atoms with E-state index in [1.807, 2.05) is 0 Å². The van der Waals surface area contributed by atoms with Gasteiger partial charge in [-0.15, -0.1) is 0 Å². The third kappa shape index (κ3) is 4.63. The van der Waals surface area contributed by atoms with Gasteiger partial charge in [0, 0.05) is 25.2 Å². The molecule has 0 amide bonds. The first kappa shape index (κ1) is 23.8. The van der Waals surface area contributed by atoms with Crippen LogP contribution in [0.4, 0.5) is 11.4 Å². The first-order valence-corrected chi connectivity index (χ1v) is 12.2. The zero-order chi connectivity index (χ0) is 22.9. The summed E-state index contributed by atoms with van der Waals surface area (Å²) in [5.41, 5.74) is 1.02. The number of nitro benzene ring substituents is 1. The van der Waals surface area contributed by atoms with Gasteiger partial charge >= 0.3 is 0 Å². The first-order valence-electron chi connectivity index (χ1n) is 9.24. The molecule has 0 aromatic heterocycles. The molecule has 30 heavy (non-hydrogen) atoms. The molecule has 0 heterocycles. The molecule has 9 nitrogen and oxygen atoms in total. The van der Waals surface area contributed by atoms with Crippen molar-refractivity contribution in [3.63, 3.8) is 0 Å². The molecule has 0 aliphatic carbocycles. The normalized spacial score (nSPS) is 12.2. The maximum atomic E-state index is 12.9. The number of anilines is 1. The van der Waals surface area contributed by atoms with Crippen LogP contribution in [0.2, 0.25) is 0 Å². The van der Waals surface area contributed by atoms with Gasteiger partial charge in [-0.1, -0.05) is 19.9 Å². The van der Waals surface area contributed by atoms with E-state index in [-0.39, 0.29) is 34.3 Å². The Morgan fingerprint density at radius 2 is 1.53 bits per heavy atom. The van der Waals surface area contributed by atoms with E-state index in [1.54, 1.807) is 34.6 Å². The molecule has 2 aromatic carbocycles. The van der Waals surface area contributed by atoms with Gasteiger partial charge in [-0.3, -0.25) is 14.8 Å². The summed E-state index contributed by atoms with van der Waals surface area (Å²) in [6, 6.07) is 6.52. The maximum absolute atomic E-state index is 12.9. The minimum Gasteiger partial charge on any atom is -0.280 e. The Kier molecular flexibility index (Phi) is 6.90. The van der Waals surface area contributed by atoms with Gasteiger partial charge in [0.2, 0.25) is 10.0 Å². The number of hydrogen-bond donors (Lipinski definition) is 1. The van der Waals surface area contributed by atoms with Crippen molar-refractivity contribution in [1.82, 2.24) is 4.31 Å². The maximum Gasteiger partial charge on any atom is 0.271 e. The minimum atomic E-state index is -4.19. The van der Waals surface area contributed by atoms with E-state index in [9.17, 15) is 26.9 Å². The molecule has 2 aromatic rings. The van der Waals surface area contributed by atoms with E-state index in [2.05, 4.69) is 4.72 Å². The van der Waals surface area contributed by atoms with E-state index < -0.39 is 25.0 Å². The number of benzene rings is 2. The molecule has 0 aliphatic heterocycles. The Morgan fingerprint density at radius 3 is 2.07 bits per heavy atom. The molecule has 0 aliphatic rings. The Labute approximate surface area is 177 Å². The van der Waals surface area contributed by atoms with Crippen molar-refractivity contribution in [1.29, 1.82) is 0 Å². The summed E-state index contributed by atoms with van der Waals surface area (Å²) in [4.78, 5) is 10.2. The molecular formula is C19H25N3O6S2. The van der Waals surface area contributed by atoms with Gasteiger partial charge < -0.3 is 0 Å². The van der Waals surface area contributed by atoms with Crippen molar-refractivity contribution in [2.45, 2.75) is 44.4 Å². The summed E-state index contributed by atoms with van der Waals surface area (Å²) in [6.07, 6.45) is 0. The molecule has 0 saturated heterocycles. The van der Waals surface area contributed by atoms with Crippen LogP contribution in [0, 0.1) is 30.9 Å². The van der Waals surface area contributed by atoms with Crippen LogP contribution in [0.5, 0.6) is 0 Å². The van der Waals surface area contributed by atoms with E-state index in [0.29, 0.717) is 16.7 Å². The number of hydrogen-bond acceptors (Lipinski definition) is 6. The molecule has 0 bridgehead atoms. The zero-order valence-electron chi connectivity index (χ0n) is 17.5. The standard InChI is InChI=1S/C19H25N3O6S2/c1-6-21(7-2)30(27,28)18-11-16(9-8-13(18)3)20-29(25,26)19-12-17(22(23)24)10-14(4)15(19)5/h8-12,20H,6-7H2,1-5H3. The Hall–Kier alpha value is -2.50. The molecule has 0 radical (unpaired) electrons. The highest BCUT2D eigenvalue weighted by Crippen LogP contribution is 2.29. The first-order chi connectivity index (χ1) is 13.8. The highest BCUT2D eigenvalue weighted by molar-refractivity contribution is 7.92. The van der Waals surface area contributed by atoms with Crippen LogP contribution in [0.25, 0.3) is 0 Å². The quantitative estimate of drug-likeness (QED) is 0.480. The lowest BCUT2D eigenvalue weighted by Crippen LogP contribution is -2.31. The Bertz CT molecular complexity index is 1190. The van der Waals surface area contributed by atoms with Crippen molar-refractivity contribution in [2.24, 2.45) is 0 Å². The molecule has 0 spiro atoms. The monoisotopic (exact) mass is 455 g/mol. The predicted octanol–water partition coefficient (Wildman–Crippen LogP) is 3.35. The predicted molar refractivity (Wildman–Crippen MR) is 115 cm³/mol. The second kappa shape index (κ2) is 8.70. The Morgan fingerprint density at radius 1 is 0.933 bits per heavy atom. The molecule has 11 heteroatoms. The molecule has 0 atom stereocenters. The summed E-state index contributed by atoms with van der Waals surface area (Å²) in [5, 5.41) is 11.1. The van der Waals surface area contributed by atoms with Gasteiger partial charge in [-0.25, -0.2) is 16.8 Å². The zero-order valence-corrected chi connectivity index (χ0v) is 19.1. The van der Waals surface area contributed by atoms with Gasteiger partial charge in [-0.2, -0.15) is 4.31 Å². The smallest absolute Gasteiger partial charge is 0.271 e. The number of rotatable bonds is 8. The average Bonchev–Trinajstić information content (AvgIpc) is 2.65. The van der Waals surface area contributed by atoms with Crippen LogP contribution in [0.1, 0.15) is 30.5 Å². The minimum absolute atomic E-state index is 0.00153. The lowest BCUT2D eigenvalue weighted by molar-refractivity contribution is -0.385. The highest BCUT2D eigenvalue weighted by atomic mass is 32.2. The van der Waals surface area contributed by atoms with Crippen LogP contribution in [0.3, 0.4) is 0 Å². The van der Waals surface area contributed by atoms with Gasteiger partial charge in [0.25, 0.3) is 15.7 Å². The van der Waals surface area contributed by atoms with Crippen LogP contribution >= 0.6 is 0 Å². The van der Waals surface area contributed by atoms with Crippen molar-refractivity contribution in [3.8, 4) is 0 Å². The molecule has 164 valence electrons. The Balaban J connectivity index is 2.55. The van der Waals surface area contributed by atoms with Gasteiger partial charge in [-0.05, 0) is 49.6 Å². The number of nitrogens with one attached hydrogen (secondary N) is 1. The third-order valence-corrected chi connectivity index (χ3v) is 8.57. The van der Waals surface area contributed by atoms with Crippen molar-refractivity contribution >= 4 is 31.4 Å². The molecule has 2 rings (SSSR count). The second-order valence-corrected chi connectivity index (χ2v) is 10.4. The summed E-state index contributed by atoms with van der Waals surface area (Å²) < 4.78 is 55.3. The van der Waals surface area contributed by atoms with Crippen LogP contribution < -0.4 is 4.72 Å². The van der Waals surface area contributed by atoms with Crippen molar-refractivity contribution in [3.05, 3.63) is 57.1 Å². The second-order valence-electron chi connectivity index (χ2n) is 6.82. The van der Waals surface area contributed by atoms with Crippen LogP contribution in [0.15, 0.2) is 40.1 Å². The SMILES string of the molecule is CCN(CC)S(=O)(=O)c1cc(NS(=O)(=O)c2cc([N+](=O)[O-])cc(C)c2C)ccc1C. The molecule has 0 fully saturated rings. The lowest BCUT2D eigenvalue weighted by atomic mass is 10.1. The molecule has 0 saturated carbocycles. The number of aryl methyl sites for hydroxylation is 2. The van der Waals surface area contributed by atoms with E-state index in [0.717, 1.165) is 6.07 Å². The fourth-order valence-corrected chi connectivity index (χ4v) is 6.14. The summed E-state index contributed by atoms with van der Waals surface area (Å²) in [6.45, 7) is 8.76. The lowest BCUT2D eigenvalue weighted by Gasteiger charge is -2.20. The fourth-order valence-electron chi connectivity index (χ4n) is 3.05. The van der Waals surface area contributed by atoms with Crippen LogP contribution in [-0.4, -0.2) is 39.2 Å². The van der Waals surface area contributed by atoms with Crippen molar-refractivity contribution < 1.29 is 21.8 Å². The van der Waals surface area contributed by atoms with Gasteiger partial charge in [0.05, 0.1) is 20.4 Å². The average molecular weight is 456 g/mol. The fraction of sp³-hybridized carbons (Fsp3) is 0.368. The van der Waals surface area contributed by atoms with Crippen molar-refractivity contribution in [2.75, 3.05) is 17.8 Å². The largest absolute Gasteiger partial charge is 0.280 e. The van der Waals surface area contributed by atoms with E-state index >= 15 is 0 Å². The number of nitrogens with zero attached hydrogens (tertiary/aromatic N) is 2. The molecule has 1 N–H and O–H groups in total. The summed E-state index contributed by atoms with van der Waals surface area (Å²) in [5.74, 6) is 0. The van der Waals surface area contributed by atoms with Gasteiger partial charge in [0.15, 0.2) is 0 Å². The molecule has 0 unspecified atom stereocenters. The molecular weight excluding hydrogens is 430 g/mol. The van der Waals surface area contributed by atoms with Gasteiger partial charge in [0.1, 0.15) is 0 Å².